The van der Waals surface area contributed by atoms with Crippen LogP contribution in [0.2, 0.25) is 0 Å². The molecule has 0 radical (unpaired) electrons. The lowest BCUT2D eigenvalue weighted by Crippen LogP contribution is -2.13. The summed E-state index contributed by atoms with van der Waals surface area (Å²) in [7, 11) is 8.60. The average molecular weight is 792 g/mol. The molecule has 5 aromatic carbocycles. The molecule has 14 heteroatoms. The third kappa shape index (κ3) is 7.31. The second-order valence-corrected chi connectivity index (χ2v) is 13.1. The van der Waals surface area contributed by atoms with Gasteiger partial charge in [0.1, 0.15) is 30.1 Å². The number of ether oxygens (including phenoxy) is 8. The van der Waals surface area contributed by atoms with Crippen molar-refractivity contribution >= 4 is 33.2 Å². The third-order valence-electron chi connectivity index (χ3n) is 9.78. The van der Waals surface area contributed by atoms with Crippen LogP contribution in [-0.4, -0.2) is 59.4 Å². The number of methoxy groups -OCH3 is 6. The Balaban J connectivity index is 1.34. The maximum atomic E-state index is 13.7. The van der Waals surface area contributed by atoms with Crippen LogP contribution in [0.25, 0.3) is 21.5 Å². The van der Waals surface area contributed by atoms with Crippen molar-refractivity contribution in [2.24, 2.45) is 5.16 Å². The number of aromatic hydroxyl groups is 1. The van der Waals surface area contributed by atoms with Gasteiger partial charge < -0.3 is 52.3 Å². The smallest absolute Gasteiger partial charge is 0.374 e. The zero-order valence-corrected chi connectivity index (χ0v) is 32.7. The topological polar surface area (TPSA) is 163 Å². The molecule has 1 N–H and O–H groups in total. The van der Waals surface area contributed by atoms with Gasteiger partial charge in [0.15, 0.2) is 40.6 Å². The van der Waals surface area contributed by atoms with Gasteiger partial charge in [-0.3, -0.25) is 0 Å². The van der Waals surface area contributed by atoms with Gasteiger partial charge in [0, 0.05) is 30.0 Å². The fourth-order valence-electron chi connectivity index (χ4n) is 7.09. The Labute approximate surface area is 332 Å². The van der Waals surface area contributed by atoms with E-state index in [9.17, 15) is 14.7 Å². The van der Waals surface area contributed by atoms with Gasteiger partial charge in [0.05, 0.1) is 59.1 Å². The Kier molecular flexibility index (Phi) is 11.4. The van der Waals surface area contributed by atoms with Crippen LogP contribution in [0.15, 0.2) is 93.2 Å². The molecule has 0 bridgehead atoms. The predicted molar refractivity (Wildman–Crippen MR) is 213 cm³/mol. The zero-order chi connectivity index (χ0) is 40.9. The Morgan fingerprint density at radius 1 is 0.707 bits per heavy atom. The molecule has 300 valence electrons. The molecular weight excluding hydrogens is 750 g/mol. The van der Waals surface area contributed by atoms with Crippen LogP contribution < -0.4 is 38.8 Å². The number of esters is 1. The highest BCUT2D eigenvalue weighted by Crippen LogP contribution is 2.55. The maximum Gasteiger partial charge on any atom is 0.374 e. The van der Waals surface area contributed by atoms with Crippen molar-refractivity contribution in [3.05, 3.63) is 117 Å². The third-order valence-corrected chi connectivity index (χ3v) is 9.78. The number of rotatable bonds is 15. The first-order valence-corrected chi connectivity index (χ1v) is 18.1. The van der Waals surface area contributed by atoms with Gasteiger partial charge in [-0.05, 0) is 28.6 Å². The summed E-state index contributed by atoms with van der Waals surface area (Å²) in [6, 6.07) is 23.7. The average Bonchev–Trinajstić information content (AvgIpc) is 3.73. The van der Waals surface area contributed by atoms with Crippen molar-refractivity contribution < 1.29 is 57.1 Å². The maximum absolute atomic E-state index is 13.7. The lowest BCUT2D eigenvalue weighted by Gasteiger charge is -2.22. The number of fused-ring (bicyclic) bond motifs is 2. The Bertz CT molecular complexity index is 2570. The number of hydrogen-bond acceptors (Lipinski definition) is 14. The number of oxime groups is 1. The molecule has 0 saturated heterocycles. The summed E-state index contributed by atoms with van der Waals surface area (Å²) < 4.78 is 52.0. The standard InChI is InChI=1S/C44H41NO13/c1-49-31-21-32(50-2)40(52-4)36-35(31)38(51-3)29(37(46)41(36)53-5)19-27-20-30(58-45-27)28-17-26-18-33(43(47)54-6)57-44(48)34(26)42(56-23-25-15-11-8-12-16-25)39(28)55-22-24-13-9-7-10-14-24/h7-18,21,30,46H,19-20,22-23H2,1-6H3. The first-order chi connectivity index (χ1) is 28.2. The SMILES string of the molecule is COC(=O)c1cc2cc(C3CC(Cc4c(O)c(OC)c5c(OC)c(OC)cc(OC)c5c4OC)=NO3)c(OCc3ccccc3)c(OCc3ccccc3)c2c(=O)o1. The minimum atomic E-state index is -0.827. The van der Waals surface area contributed by atoms with Gasteiger partial charge in [0.2, 0.25) is 5.76 Å². The normalized spacial score (nSPS) is 13.4. The lowest BCUT2D eigenvalue weighted by molar-refractivity contribution is 0.0560. The molecule has 14 nitrogen and oxygen atoms in total. The minimum absolute atomic E-state index is 0.0634. The van der Waals surface area contributed by atoms with E-state index in [2.05, 4.69) is 5.16 Å². The number of hydrogen-bond donors (Lipinski definition) is 1. The van der Waals surface area contributed by atoms with Gasteiger partial charge in [-0.2, -0.15) is 0 Å². The largest absolute Gasteiger partial charge is 0.504 e. The number of phenolic OH excluding ortho intramolecular Hbond substituents is 1. The van der Waals surface area contributed by atoms with E-state index in [0.717, 1.165) is 11.1 Å². The summed E-state index contributed by atoms with van der Waals surface area (Å²) in [6.45, 7) is 0.195. The molecule has 0 amide bonds. The number of phenols is 1. The van der Waals surface area contributed by atoms with E-state index in [1.165, 1.54) is 48.7 Å². The molecule has 2 heterocycles. The van der Waals surface area contributed by atoms with Crippen LogP contribution in [-0.2, 0) is 29.2 Å². The van der Waals surface area contributed by atoms with Gasteiger partial charge in [0.25, 0.3) is 0 Å². The van der Waals surface area contributed by atoms with E-state index in [1.54, 1.807) is 12.1 Å². The fourth-order valence-corrected chi connectivity index (χ4v) is 7.09. The van der Waals surface area contributed by atoms with Crippen molar-refractivity contribution in [2.75, 3.05) is 42.7 Å². The van der Waals surface area contributed by atoms with Gasteiger partial charge >= 0.3 is 11.6 Å². The number of carbonyl (C=O) groups is 1. The summed E-state index contributed by atoms with van der Waals surface area (Å²) in [4.78, 5) is 32.4. The van der Waals surface area contributed by atoms with E-state index in [1.807, 2.05) is 60.7 Å². The number of benzene rings is 5. The van der Waals surface area contributed by atoms with E-state index < -0.39 is 17.7 Å². The molecule has 6 aromatic rings. The fraction of sp³-hybridized carbons (Fsp3) is 0.250. The molecule has 1 aliphatic rings. The summed E-state index contributed by atoms with van der Waals surface area (Å²) in [5.74, 6) is 0.480. The molecule has 0 fully saturated rings. The van der Waals surface area contributed by atoms with Crippen LogP contribution in [0.5, 0.6) is 46.0 Å². The first-order valence-electron chi connectivity index (χ1n) is 18.1. The van der Waals surface area contributed by atoms with E-state index in [-0.39, 0.29) is 60.2 Å². The summed E-state index contributed by atoms with van der Waals surface area (Å²) in [6.07, 6.45) is -0.494. The Morgan fingerprint density at radius 2 is 1.33 bits per heavy atom. The van der Waals surface area contributed by atoms with Crippen LogP contribution in [0, 0.1) is 0 Å². The number of carbonyl (C=O) groups excluding carboxylic acids is 1. The Hall–Kier alpha value is -7.09. The first kappa shape index (κ1) is 39.2. The monoisotopic (exact) mass is 791 g/mol. The summed E-state index contributed by atoms with van der Waals surface area (Å²) >= 11 is 0. The zero-order valence-electron chi connectivity index (χ0n) is 32.7. The van der Waals surface area contributed by atoms with Crippen molar-refractivity contribution in [1.82, 2.24) is 0 Å². The second-order valence-electron chi connectivity index (χ2n) is 13.1. The van der Waals surface area contributed by atoms with Crippen LogP contribution in [0.3, 0.4) is 0 Å². The molecule has 0 saturated carbocycles. The molecule has 58 heavy (non-hydrogen) atoms. The minimum Gasteiger partial charge on any atom is -0.504 e. The van der Waals surface area contributed by atoms with Crippen molar-refractivity contribution in [2.45, 2.75) is 32.2 Å². The van der Waals surface area contributed by atoms with E-state index in [4.69, 9.17) is 47.1 Å². The van der Waals surface area contributed by atoms with Crippen LogP contribution >= 0.6 is 0 Å². The van der Waals surface area contributed by atoms with Crippen molar-refractivity contribution in [1.29, 1.82) is 0 Å². The molecule has 1 aliphatic heterocycles. The van der Waals surface area contributed by atoms with Crippen molar-refractivity contribution in [3.63, 3.8) is 0 Å². The highest BCUT2D eigenvalue weighted by molar-refractivity contribution is 6.07. The Morgan fingerprint density at radius 3 is 1.91 bits per heavy atom. The summed E-state index contributed by atoms with van der Waals surface area (Å²) in [5, 5.41) is 17.5. The molecule has 7 rings (SSSR count). The molecule has 1 atom stereocenters. The van der Waals surface area contributed by atoms with Gasteiger partial charge in [-0.15, -0.1) is 0 Å². The second kappa shape index (κ2) is 17.0. The lowest BCUT2D eigenvalue weighted by atomic mass is 9.94. The van der Waals surface area contributed by atoms with Crippen LogP contribution in [0.4, 0.5) is 0 Å². The molecule has 1 unspecified atom stereocenters. The molecule has 0 aliphatic carbocycles. The number of nitrogens with zero attached hydrogens (tertiary/aromatic N) is 1. The van der Waals surface area contributed by atoms with Crippen molar-refractivity contribution in [3.8, 4) is 46.0 Å². The quantitative estimate of drug-likeness (QED) is 0.101. The van der Waals surface area contributed by atoms with E-state index >= 15 is 0 Å². The van der Waals surface area contributed by atoms with Gasteiger partial charge in [-0.1, -0.05) is 65.8 Å². The highest BCUT2D eigenvalue weighted by Gasteiger charge is 2.34. The van der Waals surface area contributed by atoms with Crippen LogP contribution in [0.1, 0.15) is 45.3 Å². The van der Waals surface area contributed by atoms with Gasteiger partial charge in [-0.25, -0.2) is 9.59 Å². The summed E-state index contributed by atoms with van der Waals surface area (Å²) in [5.41, 5.74) is 2.24. The molecule has 1 aromatic heterocycles. The molecule has 0 spiro atoms. The molecular formula is C44H41NO13. The van der Waals surface area contributed by atoms with E-state index in [0.29, 0.717) is 56.0 Å². The highest BCUT2D eigenvalue weighted by atomic mass is 16.6. The predicted octanol–water partition coefficient (Wildman–Crippen LogP) is 7.70.